The van der Waals surface area contributed by atoms with Crippen LogP contribution in [-0.4, -0.2) is 44.5 Å². The smallest absolute Gasteiger partial charge is 0.258 e. The summed E-state index contributed by atoms with van der Waals surface area (Å²) in [6.45, 7) is 5.97. The number of likely N-dealkylation sites (tertiary alicyclic amines) is 1. The fourth-order valence-corrected chi connectivity index (χ4v) is 3.40. The average Bonchev–Trinajstić information content (AvgIpc) is 2.93. The Balaban J connectivity index is 1.93. The molecule has 0 bridgehead atoms. The van der Waals surface area contributed by atoms with E-state index in [1.807, 2.05) is 0 Å². The van der Waals surface area contributed by atoms with Gasteiger partial charge in [0.1, 0.15) is 0 Å². The van der Waals surface area contributed by atoms with Crippen LogP contribution >= 0.6 is 0 Å². The van der Waals surface area contributed by atoms with E-state index in [1.165, 1.54) is 12.3 Å². The van der Waals surface area contributed by atoms with Gasteiger partial charge in [0.2, 0.25) is 0 Å². The molecule has 20 heavy (non-hydrogen) atoms. The minimum atomic E-state index is -3.52. The van der Waals surface area contributed by atoms with Gasteiger partial charge >= 0.3 is 0 Å². The number of nitrogens with one attached hydrogen (secondary N) is 1. The second kappa shape index (κ2) is 6.62. The molecule has 1 unspecified atom stereocenters. The summed E-state index contributed by atoms with van der Waals surface area (Å²) in [7, 11) is -3.52. The fraction of sp³-hybridized carbons (Fsp3) is 0.615. The largest absolute Gasteiger partial charge is 0.326 e. The van der Waals surface area contributed by atoms with Crippen molar-refractivity contribution in [1.29, 1.82) is 0 Å². The molecule has 1 aromatic heterocycles. The quantitative estimate of drug-likeness (QED) is 0.781. The zero-order valence-electron chi connectivity index (χ0n) is 11.7. The van der Waals surface area contributed by atoms with Gasteiger partial charge in [0, 0.05) is 25.8 Å². The summed E-state index contributed by atoms with van der Waals surface area (Å²) in [5.74, 6) is 0.382. The minimum Gasteiger partial charge on any atom is -0.326 e. The van der Waals surface area contributed by atoms with Gasteiger partial charge in [-0.15, -0.1) is 0 Å². The van der Waals surface area contributed by atoms with Gasteiger partial charge in [0.15, 0.2) is 5.03 Å². The third-order valence-electron chi connectivity index (χ3n) is 3.69. The van der Waals surface area contributed by atoms with E-state index in [2.05, 4.69) is 21.5 Å². The maximum Gasteiger partial charge on any atom is 0.258 e. The first-order valence-corrected chi connectivity index (χ1v) is 8.40. The van der Waals surface area contributed by atoms with Crippen molar-refractivity contribution in [3.63, 3.8) is 0 Å². The molecule has 1 aliphatic rings. The number of sulfonamides is 1. The van der Waals surface area contributed by atoms with E-state index in [9.17, 15) is 8.42 Å². The highest BCUT2D eigenvalue weighted by Crippen LogP contribution is 2.15. The van der Waals surface area contributed by atoms with Crippen LogP contribution in [0.2, 0.25) is 0 Å². The van der Waals surface area contributed by atoms with E-state index in [1.54, 1.807) is 6.07 Å². The van der Waals surface area contributed by atoms with Gasteiger partial charge in [-0.25, -0.2) is 18.1 Å². The Morgan fingerprint density at radius 1 is 1.50 bits per heavy atom. The lowest BCUT2D eigenvalue weighted by molar-refractivity contribution is 0.342. The summed E-state index contributed by atoms with van der Waals surface area (Å²) >= 11 is 0. The number of rotatable bonds is 6. The molecule has 0 amide bonds. The van der Waals surface area contributed by atoms with Crippen molar-refractivity contribution in [3.05, 3.63) is 23.9 Å². The van der Waals surface area contributed by atoms with E-state index in [0.717, 1.165) is 31.6 Å². The first-order chi connectivity index (χ1) is 9.55. The topological polar surface area (TPSA) is 88.3 Å². The lowest BCUT2D eigenvalue weighted by Crippen LogP contribution is -2.31. The monoisotopic (exact) mass is 298 g/mol. The van der Waals surface area contributed by atoms with Crippen molar-refractivity contribution in [1.82, 2.24) is 14.6 Å². The highest BCUT2D eigenvalue weighted by Gasteiger charge is 2.23. The van der Waals surface area contributed by atoms with Crippen molar-refractivity contribution in [2.75, 3.05) is 26.2 Å². The summed E-state index contributed by atoms with van der Waals surface area (Å²) in [6.07, 6.45) is 2.54. The maximum atomic E-state index is 12.1. The number of hydrogen-bond donors (Lipinski definition) is 2. The number of pyridine rings is 1. The van der Waals surface area contributed by atoms with Crippen LogP contribution in [0.4, 0.5) is 0 Å². The van der Waals surface area contributed by atoms with Crippen LogP contribution in [0.1, 0.15) is 18.9 Å². The Bertz CT molecular complexity index is 530. The fourth-order valence-electron chi connectivity index (χ4n) is 2.36. The van der Waals surface area contributed by atoms with E-state index in [-0.39, 0.29) is 5.03 Å². The van der Waals surface area contributed by atoms with E-state index >= 15 is 0 Å². The van der Waals surface area contributed by atoms with Crippen molar-refractivity contribution in [2.24, 2.45) is 11.7 Å². The molecule has 1 atom stereocenters. The van der Waals surface area contributed by atoms with Gasteiger partial charge in [-0.2, -0.15) is 0 Å². The molecule has 112 valence electrons. The van der Waals surface area contributed by atoms with Crippen molar-refractivity contribution >= 4 is 10.0 Å². The number of nitrogens with two attached hydrogens (primary N) is 1. The molecule has 0 saturated carbocycles. The molecule has 7 heteroatoms. The second-order valence-corrected chi connectivity index (χ2v) is 6.82. The molecule has 3 N–H and O–H groups in total. The maximum absolute atomic E-state index is 12.1. The van der Waals surface area contributed by atoms with E-state index in [4.69, 9.17) is 5.73 Å². The zero-order valence-corrected chi connectivity index (χ0v) is 12.6. The van der Waals surface area contributed by atoms with Crippen LogP contribution in [0, 0.1) is 5.92 Å². The Kier molecular flexibility index (Phi) is 5.09. The number of nitrogens with zero attached hydrogens (tertiary/aromatic N) is 2. The summed E-state index contributed by atoms with van der Waals surface area (Å²) in [6, 6.07) is 3.19. The highest BCUT2D eigenvalue weighted by atomic mass is 32.2. The van der Waals surface area contributed by atoms with Crippen LogP contribution < -0.4 is 10.5 Å². The molecule has 0 spiro atoms. The molecule has 1 fully saturated rings. The molecule has 1 aromatic rings. The predicted molar refractivity (Wildman–Crippen MR) is 77.5 cm³/mol. The third kappa shape index (κ3) is 3.76. The Morgan fingerprint density at radius 3 is 2.85 bits per heavy atom. The van der Waals surface area contributed by atoms with Gasteiger partial charge in [0.05, 0.1) is 0 Å². The summed E-state index contributed by atoms with van der Waals surface area (Å²) in [5.41, 5.74) is 6.28. The molecule has 6 nitrogen and oxygen atoms in total. The van der Waals surface area contributed by atoms with Gasteiger partial charge < -0.3 is 10.6 Å². The molecule has 2 heterocycles. The zero-order chi connectivity index (χ0) is 14.6. The Labute approximate surface area is 120 Å². The van der Waals surface area contributed by atoms with E-state index < -0.39 is 10.0 Å². The van der Waals surface area contributed by atoms with Crippen LogP contribution in [0.15, 0.2) is 23.4 Å². The average molecular weight is 298 g/mol. The standard InChI is InChI=1S/C13H22N4O2S/c1-2-17-6-5-12(10-17)9-16-20(18,19)13-4-3-11(7-14)8-15-13/h3-4,8,12,16H,2,5-7,9-10,14H2,1H3. The third-order valence-corrected chi connectivity index (χ3v) is 5.03. The molecule has 0 aromatic carbocycles. The van der Waals surface area contributed by atoms with Gasteiger partial charge in [-0.1, -0.05) is 13.0 Å². The predicted octanol–water partition coefficient (Wildman–Crippen LogP) is 0.160. The molecular weight excluding hydrogens is 276 g/mol. The molecular formula is C13H22N4O2S. The Hall–Kier alpha value is -1.02. The highest BCUT2D eigenvalue weighted by molar-refractivity contribution is 7.89. The number of aromatic nitrogens is 1. The van der Waals surface area contributed by atoms with Gasteiger partial charge in [-0.05, 0) is 37.1 Å². The van der Waals surface area contributed by atoms with Crippen LogP contribution in [0.25, 0.3) is 0 Å². The molecule has 0 radical (unpaired) electrons. The molecule has 2 rings (SSSR count). The second-order valence-electron chi connectivity index (χ2n) is 5.11. The van der Waals surface area contributed by atoms with Gasteiger partial charge in [0.25, 0.3) is 10.0 Å². The van der Waals surface area contributed by atoms with Crippen molar-refractivity contribution < 1.29 is 8.42 Å². The van der Waals surface area contributed by atoms with Crippen LogP contribution in [-0.2, 0) is 16.6 Å². The van der Waals surface area contributed by atoms with Crippen molar-refractivity contribution in [3.8, 4) is 0 Å². The van der Waals surface area contributed by atoms with Crippen molar-refractivity contribution in [2.45, 2.75) is 24.9 Å². The lowest BCUT2D eigenvalue weighted by atomic mass is 10.1. The normalized spacial score (nSPS) is 20.4. The van der Waals surface area contributed by atoms with Crippen LogP contribution in [0.3, 0.4) is 0 Å². The summed E-state index contributed by atoms with van der Waals surface area (Å²) < 4.78 is 26.9. The molecule has 1 saturated heterocycles. The summed E-state index contributed by atoms with van der Waals surface area (Å²) in [5, 5.41) is 0.0556. The minimum absolute atomic E-state index is 0.0556. The first kappa shape index (κ1) is 15.4. The lowest BCUT2D eigenvalue weighted by Gasteiger charge is -2.13. The molecule has 0 aliphatic carbocycles. The first-order valence-electron chi connectivity index (χ1n) is 6.92. The molecule has 1 aliphatic heterocycles. The van der Waals surface area contributed by atoms with Gasteiger partial charge in [-0.3, -0.25) is 0 Å². The van der Waals surface area contributed by atoms with Crippen LogP contribution in [0.5, 0.6) is 0 Å². The Morgan fingerprint density at radius 2 is 2.30 bits per heavy atom. The van der Waals surface area contributed by atoms with E-state index in [0.29, 0.717) is 19.0 Å². The SMILES string of the molecule is CCN1CCC(CNS(=O)(=O)c2ccc(CN)cn2)C1. The summed E-state index contributed by atoms with van der Waals surface area (Å²) in [4.78, 5) is 6.28. The number of hydrogen-bond acceptors (Lipinski definition) is 5.